The van der Waals surface area contributed by atoms with Crippen molar-refractivity contribution >= 4 is 31.6 Å². The number of hydrogen-bond donors (Lipinski definition) is 1. The first-order chi connectivity index (χ1) is 10.3. The van der Waals surface area contributed by atoms with Crippen molar-refractivity contribution in [2.75, 3.05) is 5.75 Å². The molecule has 0 atom stereocenters. The lowest BCUT2D eigenvalue weighted by Crippen LogP contribution is -2.41. The number of aromatic nitrogens is 3. The highest BCUT2D eigenvalue weighted by atomic mass is 32.1. The third-order valence-electron chi connectivity index (χ3n) is 4.39. The van der Waals surface area contributed by atoms with Crippen molar-refractivity contribution in [2.24, 2.45) is 0 Å². The second kappa shape index (κ2) is 5.40. The van der Waals surface area contributed by atoms with Crippen molar-refractivity contribution in [3.63, 3.8) is 0 Å². The molecule has 7 heteroatoms. The molecule has 0 N–H and O–H groups in total. The Morgan fingerprint density at radius 2 is 1.95 bits per heavy atom. The molecule has 0 bridgehead atoms. The van der Waals surface area contributed by atoms with Crippen molar-refractivity contribution in [3.05, 3.63) is 35.8 Å². The monoisotopic (exact) mass is 317 g/mol. The van der Waals surface area contributed by atoms with Gasteiger partial charge in [0.05, 0.1) is 23.1 Å². The minimum Gasteiger partial charge on any atom is -0.400 e. The summed E-state index contributed by atoms with van der Waals surface area (Å²) in [5.41, 5.74) is 1.18. The Labute approximate surface area is 136 Å². The van der Waals surface area contributed by atoms with Gasteiger partial charge in [-0.05, 0) is 45.3 Å². The van der Waals surface area contributed by atoms with Crippen LogP contribution in [0.1, 0.15) is 33.4 Å². The first-order valence-corrected chi connectivity index (χ1v) is 7.92. The van der Waals surface area contributed by atoms with E-state index in [1.54, 1.807) is 12.4 Å². The van der Waals surface area contributed by atoms with E-state index in [9.17, 15) is 0 Å². The fourth-order valence-corrected chi connectivity index (χ4v) is 2.57. The van der Waals surface area contributed by atoms with Crippen LogP contribution in [0.2, 0.25) is 0 Å². The normalized spacial score (nSPS) is 20.8. The molecule has 0 aliphatic carbocycles. The van der Waals surface area contributed by atoms with E-state index < -0.39 is 7.12 Å². The van der Waals surface area contributed by atoms with Gasteiger partial charge in [-0.3, -0.25) is 4.40 Å². The zero-order valence-electron chi connectivity index (χ0n) is 13.3. The largest absolute Gasteiger partial charge is 0.491 e. The molecule has 0 unspecified atom stereocenters. The molecule has 3 heterocycles. The third kappa shape index (κ3) is 2.57. The summed E-state index contributed by atoms with van der Waals surface area (Å²) >= 11 is 4.44. The Hall–Kier alpha value is -1.31. The van der Waals surface area contributed by atoms with Crippen LogP contribution in [0.3, 0.4) is 0 Å². The number of nitrogens with zero attached hydrogens (tertiary/aromatic N) is 3. The molecule has 116 valence electrons. The lowest BCUT2D eigenvalue weighted by atomic mass is 9.78. The lowest BCUT2D eigenvalue weighted by molar-refractivity contribution is 0.00578. The molecule has 1 aliphatic heterocycles. The van der Waals surface area contributed by atoms with Crippen LogP contribution in [0.5, 0.6) is 0 Å². The maximum atomic E-state index is 6.09. The average molecular weight is 317 g/mol. The van der Waals surface area contributed by atoms with E-state index in [4.69, 9.17) is 9.31 Å². The molecule has 0 saturated carbocycles. The van der Waals surface area contributed by atoms with Gasteiger partial charge in [0.2, 0.25) is 5.78 Å². The number of fused-ring (bicyclic) bond motifs is 1. The predicted molar refractivity (Wildman–Crippen MR) is 90.9 cm³/mol. The van der Waals surface area contributed by atoms with E-state index in [2.05, 4.69) is 22.6 Å². The molecule has 1 saturated heterocycles. The maximum absolute atomic E-state index is 6.09. The van der Waals surface area contributed by atoms with Gasteiger partial charge in [-0.25, -0.2) is 9.97 Å². The van der Waals surface area contributed by atoms with Gasteiger partial charge in [-0.1, -0.05) is 0 Å². The van der Waals surface area contributed by atoms with Gasteiger partial charge in [0, 0.05) is 18.1 Å². The lowest BCUT2D eigenvalue weighted by Gasteiger charge is -2.32. The summed E-state index contributed by atoms with van der Waals surface area (Å²) in [6.45, 7) is 8.17. The molecule has 22 heavy (non-hydrogen) atoms. The molecule has 3 rings (SSSR count). The van der Waals surface area contributed by atoms with Crippen LogP contribution < -0.4 is 0 Å². The molecule has 5 nitrogen and oxygen atoms in total. The Morgan fingerprint density at radius 1 is 1.27 bits per heavy atom. The fraction of sp³-hybridized carbons (Fsp3) is 0.467. The summed E-state index contributed by atoms with van der Waals surface area (Å²) < 4.78 is 14.1. The van der Waals surface area contributed by atoms with E-state index >= 15 is 0 Å². The van der Waals surface area contributed by atoms with Crippen LogP contribution in [-0.4, -0.2) is 38.4 Å². The van der Waals surface area contributed by atoms with Gasteiger partial charge < -0.3 is 9.31 Å². The average Bonchev–Trinajstić information content (AvgIpc) is 2.95. The van der Waals surface area contributed by atoms with E-state index in [1.165, 1.54) is 0 Å². The Bertz CT molecular complexity index is 710. The molecule has 2 aromatic rings. The van der Waals surface area contributed by atoms with Crippen molar-refractivity contribution in [1.29, 1.82) is 0 Å². The van der Waals surface area contributed by atoms with Crippen molar-refractivity contribution in [2.45, 2.75) is 38.9 Å². The first-order valence-electron chi connectivity index (χ1n) is 7.29. The van der Waals surface area contributed by atoms with Crippen molar-refractivity contribution < 1.29 is 9.31 Å². The smallest absolute Gasteiger partial charge is 0.400 e. The standard InChI is InChI=1S/C15H20BN3O2S/c1-14(2)15(3,4)21-16(20-14)11(10-22)8-12-9-18-13-17-6-5-7-19(12)13/h5-9,22H,10H2,1-4H3. The van der Waals surface area contributed by atoms with Crippen molar-refractivity contribution in [1.82, 2.24) is 14.4 Å². The maximum Gasteiger partial charge on any atom is 0.491 e. The van der Waals surface area contributed by atoms with Crippen LogP contribution in [-0.2, 0) is 9.31 Å². The molecule has 1 fully saturated rings. The first kappa shape index (κ1) is 15.6. The van der Waals surface area contributed by atoms with Gasteiger partial charge in [-0.15, -0.1) is 0 Å². The molecule has 0 amide bonds. The summed E-state index contributed by atoms with van der Waals surface area (Å²) in [4.78, 5) is 8.51. The van der Waals surface area contributed by atoms with Crippen LogP contribution >= 0.6 is 12.6 Å². The van der Waals surface area contributed by atoms with Gasteiger partial charge >= 0.3 is 7.12 Å². The minimum atomic E-state index is -0.398. The molecule has 1 aliphatic rings. The van der Waals surface area contributed by atoms with E-state index in [-0.39, 0.29) is 11.2 Å². The molecule has 2 aromatic heterocycles. The van der Waals surface area contributed by atoms with E-state index in [0.717, 1.165) is 11.2 Å². The highest BCUT2D eigenvalue weighted by molar-refractivity contribution is 7.80. The number of hydrogen-bond acceptors (Lipinski definition) is 5. The van der Waals surface area contributed by atoms with Gasteiger partial charge in [-0.2, -0.15) is 12.6 Å². The Morgan fingerprint density at radius 3 is 2.59 bits per heavy atom. The molecule has 0 radical (unpaired) electrons. The molecule has 0 spiro atoms. The summed E-state index contributed by atoms with van der Waals surface area (Å²) in [5, 5.41) is 0. The molecular weight excluding hydrogens is 297 g/mol. The third-order valence-corrected chi connectivity index (χ3v) is 4.75. The fourth-order valence-electron chi connectivity index (χ4n) is 2.33. The topological polar surface area (TPSA) is 48.7 Å². The van der Waals surface area contributed by atoms with Crippen LogP contribution in [0.4, 0.5) is 0 Å². The number of imidazole rings is 1. The van der Waals surface area contributed by atoms with Crippen LogP contribution in [0.25, 0.3) is 11.9 Å². The van der Waals surface area contributed by atoms with E-state index in [0.29, 0.717) is 11.5 Å². The highest BCUT2D eigenvalue weighted by Crippen LogP contribution is 2.39. The summed E-state index contributed by atoms with van der Waals surface area (Å²) in [5.74, 6) is 1.21. The van der Waals surface area contributed by atoms with Crippen LogP contribution in [0, 0.1) is 0 Å². The van der Waals surface area contributed by atoms with Gasteiger partial charge in [0.1, 0.15) is 0 Å². The van der Waals surface area contributed by atoms with Crippen molar-refractivity contribution in [3.8, 4) is 0 Å². The number of rotatable bonds is 3. The SMILES string of the molecule is CC1(C)OB(C(=Cc2cnc3ncccn23)CS)OC1(C)C. The quantitative estimate of drug-likeness (QED) is 0.698. The summed E-state index contributed by atoms with van der Waals surface area (Å²) in [7, 11) is -0.398. The molecule has 0 aromatic carbocycles. The zero-order valence-corrected chi connectivity index (χ0v) is 14.2. The number of thiol groups is 1. The van der Waals surface area contributed by atoms with E-state index in [1.807, 2.05) is 50.4 Å². The van der Waals surface area contributed by atoms with Gasteiger partial charge in [0.25, 0.3) is 0 Å². The minimum absolute atomic E-state index is 0.360. The summed E-state index contributed by atoms with van der Waals surface area (Å²) in [6, 6.07) is 1.88. The van der Waals surface area contributed by atoms with Crippen LogP contribution in [0.15, 0.2) is 30.1 Å². The predicted octanol–water partition coefficient (Wildman–Crippen LogP) is 2.67. The zero-order chi connectivity index (χ0) is 16.0. The Balaban J connectivity index is 1.95. The summed E-state index contributed by atoms with van der Waals surface area (Å²) in [6.07, 6.45) is 7.46. The second-order valence-corrected chi connectivity index (χ2v) is 6.75. The van der Waals surface area contributed by atoms with Gasteiger partial charge in [0.15, 0.2) is 0 Å². The molecular formula is C15H20BN3O2S. The Kier molecular flexibility index (Phi) is 3.83. The second-order valence-electron chi connectivity index (χ2n) is 6.44. The highest BCUT2D eigenvalue weighted by Gasteiger charge is 2.52.